The quantitative estimate of drug-likeness (QED) is 0.456. The summed E-state index contributed by atoms with van der Waals surface area (Å²) in [6, 6.07) is 21.3. The zero-order valence-electron chi connectivity index (χ0n) is 19.3. The van der Waals surface area contributed by atoms with E-state index < -0.39 is 0 Å². The summed E-state index contributed by atoms with van der Waals surface area (Å²) in [5, 5.41) is 5.00. The second-order valence-corrected chi connectivity index (χ2v) is 8.66. The Bertz CT molecular complexity index is 1210. The minimum absolute atomic E-state index is 0.952. The maximum Gasteiger partial charge on any atom is 0.165 e. The Labute approximate surface area is 190 Å². The number of hydrogen-bond donors (Lipinski definition) is 0. The molecular formula is C27H31N5. The molecular weight excluding hydrogens is 394 g/mol. The van der Waals surface area contributed by atoms with E-state index in [0.717, 1.165) is 61.7 Å². The van der Waals surface area contributed by atoms with E-state index in [4.69, 9.17) is 10.1 Å². The maximum atomic E-state index is 5.03. The van der Waals surface area contributed by atoms with Gasteiger partial charge in [-0.25, -0.2) is 4.98 Å². The molecule has 0 amide bonds. The summed E-state index contributed by atoms with van der Waals surface area (Å²) in [6.45, 7) is 11.6. The van der Waals surface area contributed by atoms with Gasteiger partial charge in [-0.3, -0.25) is 4.90 Å². The van der Waals surface area contributed by atoms with Crippen LogP contribution in [0.5, 0.6) is 0 Å². The van der Waals surface area contributed by atoms with Crippen LogP contribution in [0.15, 0.2) is 60.7 Å². The average molecular weight is 426 g/mol. The fourth-order valence-electron chi connectivity index (χ4n) is 4.92. The van der Waals surface area contributed by atoms with Gasteiger partial charge in [0.2, 0.25) is 0 Å². The van der Waals surface area contributed by atoms with Crippen LogP contribution in [-0.2, 0) is 13.0 Å². The predicted octanol–water partition coefficient (Wildman–Crippen LogP) is 4.90. The van der Waals surface area contributed by atoms with Crippen LogP contribution in [0, 0.1) is 13.8 Å². The van der Waals surface area contributed by atoms with Crippen LogP contribution in [0.4, 0.5) is 5.82 Å². The number of aromatic nitrogens is 3. The van der Waals surface area contributed by atoms with Crippen LogP contribution >= 0.6 is 0 Å². The summed E-state index contributed by atoms with van der Waals surface area (Å²) in [4.78, 5) is 10.1. The summed E-state index contributed by atoms with van der Waals surface area (Å²) in [6.07, 6.45) is 0.952. The molecule has 0 atom stereocenters. The van der Waals surface area contributed by atoms with Crippen LogP contribution in [0.1, 0.15) is 29.4 Å². The minimum atomic E-state index is 0.952. The summed E-state index contributed by atoms with van der Waals surface area (Å²) in [5.74, 6) is 1.22. The van der Waals surface area contributed by atoms with Gasteiger partial charge in [0, 0.05) is 49.5 Å². The predicted molar refractivity (Wildman–Crippen MR) is 131 cm³/mol. The van der Waals surface area contributed by atoms with Gasteiger partial charge in [-0.15, -0.1) is 0 Å². The highest BCUT2D eigenvalue weighted by atomic mass is 15.4. The van der Waals surface area contributed by atoms with E-state index in [1.165, 1.54) is 22.5 Å². The van der Waals surface area contributed by atoms with E-state index >= 15 is 0 Å². The molecule has 164 valence electrons. The van der Waals surface area contributed by atoms with E-state index in [1.54, 1.807) is 0 Å². The van der Waals surface area contributed by atoms with Crippen molar-refractivity contribution in [3.05, 3.63) is 83.2 Å². The lowest BCUT2D eigenvalue weighted by atomic mass is 10.1. The molecule has 0 aliphatic carbocycles. The Morgan fingerprint density at radius 2 is 1.47 bits per heavy atom. The maximum absolute atomic E-state index is 5.03. The van der Waals surface area contributed by atoms with E-state index in [0.29, 0.717) is 0 Å². The Hall–Kier alpha value is -3.18. The third-order valence-electron chi connectivity index (χ3n) is 6.55. The summed E-state index contributed by atoms with van der Waals surface area (Å²) < 4.78 is 2.11. The Balaban J connectivity index is 1.50. The molecule has 5 heteroatoms. The van der Waals surface area contributed by atoms with Gasteiger partial charge in [0.15, 0.2) is 5.65 Å². The minimum Gasteiger partial charge on any atom is -0.354 e. The highest BCUT2D eigenvalue weighted by molar-refractivity contribution is 5.81. The number of hydrogen-bond acceptors (Lipinski definition) is 4. The highest BCUT2D eigenvalue weighted by Gasteiger charge is 2.25. The molecule has 0 spiro atoms. The largest absolute Gasteiger partial charge is 0.354 e. The first-order valence-corrected chi connectivity index (χ1v) is 11.6. The molecule has 4 aromatic rings. The average Bonchev–Trinajstić information content (AvgIpc) is 3.15. The summed E-state index contributed by atoms with van der Waals surface area (Å²) >= 11 is 0. The number of piperazine rings is 1. The van der Waals surface area contributed by atoms with Crippen LogP contribution < -0.4 is 4.90 Å². The zero-order chi connectivity index (χ0) is 22.1. The van der Waals surface area contributed by atoms with Gasteiger partial charge >= 0.3 is 0 Å². The fourth-order valence-corrected chi connectivity index (χ4v) is 4.92. The molecule has 1 fully saturated rings. The molecule has 1 aliphatic rings. The van der Waals surface area contributed by atoms with Gasteiger partial charge < -0.3 is 4.90 Å². The van der Waals surface area contributed by atoms with Crippen LogP contribution in [0.3, 0.4) is 0 Å². The number of nitrogens with zero attached hydrogens (tertiary/aromatic N) is 5. The van der Waals surface area contributed by atoms with Crippen molar-refractivity contribution in [1.82, 2.24) is 19.5 Å². The van der Waals surface area contributed by atoms with Crippen LogP contribution in [-0.4, -0.2) is 45.7 Å². The second kappa shape index (κ2) is 8.75. The van der Waals surface area contributed by atoms with Gasteiger partial charge in [0.1, 0.15) is 5.82 Å². The lowest BCUT2D eigenvalue weighted by molar-refractivity contribution is 0.249. The third kappa shape index (κ3) is 3.78. The molecule has 1 aliphatic heterocycles. The first-order valence-electron chi connectivity index (χ1n) is 11.6. The van der Waals surface area contributed by atoms with Crippen molar-refractivity contribution >= 4 is 11.5 Å². The number of fused-ring (bicyclic) bond motifs is 1. The van der Waals surface area contributed by atoms with Crippen LogP contribution in [0.25, 0.3) is 16.8 Å². The van der Waals surface area contributed by atoms with Crippen LogP contribution in [0.2, 0.25) is 0 Å². The lowest BCUT2D eigenvalue weighted by Crippen LogP contribution is -2.47. The second-order valence-electron chi connectivity index (χ2n) is 8.66. The lowest BCUT2D eigenvalue weighted by Gasteiger charge is -2.37. The monoisotopic (exact) mass is 425 g/mol. The smallest absolute Gasteiger partial charge is 0.165 e. The molecule has 1 saturated heterocycles. The normalized spacial score (nSPS) is 14.9. The first kappa shape index (κ1) is 20.7. The Kier molecular flexibility index (Phi) is 5.66. The van der Waals surface area contributed by atoms with Crippen molar-refractivity contribution in [2.75, 3.05) is 31.1 Å². The van der Waals surface area contributed by atoms with E-state index in [9.17, 15) is 0 Å². The first-order chi connectivity index (χ1) is 15.7. The molecule has 0 radical (unpaired) electrons. The molecule has 2 aromatic carbocycles. The topological polar surface area (TPSA) is 36.7 Å². The van der Waals surface area contributed by atoms with E-state index in [-0.39, 0.29) is 0 Å². The van der Waals surface area contributed by atoms with Gasteiger partial charge in [-0.1, -0.05) is 67.6 Å². The molecule has 32 heavy (non-hydrogen) atoms. The Morgan fingerprint density at radius 3 is 2.12 bits per heavy atom. The molecule has 0 saturated carbocycles. The molecule has 0 bridgehead atoms. The number of benzene rings is 2. The van der Waals surface area contributed by atoms with Crippen molar-refractivity contribution in [3.8, 4) is 11.1 Å². The zero-order valence-corrected chi connectivity index (χ0v) is 19.3. The van der Waals surface area contributed by atoms with Gasteiger partial charge in [-0.2, -0.15) is 9.61 Å². The number of aryl methyl sites for hydroxylation is 2. The summed E-state index contributed by atoms with van der Waals surface area (Å²) in [7, 11) is 0. The van der Waals surface area contributed by atoms with Crippen molar-refractivity contribution in [2.45, 2.75) is 33.7 Å². The molecule has 5 rings (SSSR count). The molecule has 5 nitrogen and oxygen atoms in total. The third-order valence-corrected chi connectivity index (χ3v) is 6.55. The molecule has 3 heterocycles. The Morgan fingerprint density at radius 1 is 0.812 bits per heavy atom. The fraction of sp³-hybridized carbons (Fsp3) is 0.333. The number of anilines is 1. The molecule has 0 unspecified atom stereocenters. The van der Waals surface area contributed by atoms with Crippen molar-refractivity contribution < 1.29 is 0 Å². The van der Waals surface area contributed by atoms with Crippen molar-refractivity contribution in [2.24, 2.45) is 0 Å². The van der Waals surface area contributed by atoms with Gasteiger partial charge in [-0.05, 0) is 31.4 Å². The molecule has 0 N–H and O–H groups in total. The number of rotatable bonds is 5. The highest BCUT2D eigenvalue weighted by Crippen LogP contribution is 2.33. The molecule has 2 aromatic heterocycles. The van der Waals surface area contributed by atoms with E-state index in [1.807, 2.05) is 0 Å². The van der Waals surface area contributed by atoms with Gasteiger partial charge in [0.25, 0.3) is 0 Å². The summed E-state index contributed by atoms with van der Waals surface area (Å²) in [5.41, 5.74) is 8.10. The SMILES string of the molecule is CCc1c(C)nc2c(-c3ccccc3)c(C)nn2c1N1CCN(Cc2ccccc2)CC1. The van der Waals surface area contributed by atoms with Crippen molar-refractivity contribution in [1.29, 1.82) is 0 Å². The van der Waals surface area contributed by atoms with Gasteiger partial charge in [0.05, 0.1) is 5.69 Å². The standard InChI is InChI=1S/C27H31N5/c1-4-24-20(2)28-26-25(23-13-9-6-10-14-23)21(3)29-32(26)27(24)31-17-15-30(16-18-31)19-22-11-7-5-8-12-22/h5-14H,4,15-19H2,1-3H3. The van der Waals surface area contributed by atoms with E-state index in [2.05, 4.69) is 95.8 Å². The van der Waals surface area contributed by atoms with Crippen molar-refractivity contribution in [3.63, 3.8) is 0 Å².